The Hall–Kier alpha value is -4.64. The van der Waals surface area contributed by atoms with E-state index in [-0.39, 0.29) is 0 Å². The van der Waals surface area contributed by atoms with Gasteiger partial charge in [-0.2, -0.15) is 35.1 Å². The lowest BCUT2D eigenvalue weighted by Crippen LogP contribution is -2.07. The van der Waals surface area contributed by atoms with E-state index in [0.717, 1.165) is 0 Å². The highest BCUT2D eigenvalue weighted by Gasteiger charge is 2.38. The first kappa shape index (κ1) is 33.3. The zero-order valence-corrected chi connectivity index (χ0v) is 22.6. The van der Waals surface area contributed by atoms with Gasteiger partial charge in [0, 0.05) is 0 Å². The second kappa shape index (κ2) is 11.7. The highest BCUT2D eigenvalue weighted by atomic mass is 35.5. The number of ether oxygens (including phenoxy) is 1. The van der Waals surface area contributed by atoms with Gasteiger partial charge in [0.2, 0.25) is 11.6 Å². The van der Waals surface area contributed by atoms with E-state index in [1.165, 1.54) is 0 Å². The fourth-order valence-corrected chi connectivity index (χ4v) is 4.48. The van der Waals surface area contributed by atoms with E-state index in [1.807, 2.05) is 0 Å². The molecule has 0 fully saturated rings. The van der Waals surface area contributed by atoms with Crippen LogP contribution in [0.15, 0.2) is 48.5 Å². The van der Waals surface area contributed by atoms with Gasteiger partial charge in [-0.05, 0) is 35.4 Å². The molecule has 0 bridgehead atoms. The minimum atomic E-state index is -4.90. The molecule has 4 aromatic carbocycles. The SMILES string of the molecule is O=[N+]([O-])c1c(F)c(Cl)c(Oc2c(F)c(-c3ccc(C(F)(F)F)cc3)c([N+](=O)[O-])c(F)c2Cl)c(F)c1-c1ccc(C(F)(F)F)cc1. The Kier molecular flexibility index (Phi) is 8.65. The zero-order chi connectivity index (χ0) is 33.8. The van der Waals surface area contributed by atoms with Gasteiger partial charge in [0.15, 0.2) is 23.1 Å². The molecule has 0 spiro atoms. The average molecular weight is 689 g/mol. The standard InChI is InChI=1S/C26H8Cl2F10N2O5/c27-15-19(31)21(39(41)42)13(9-1-5-11(6-2-9)25(33,34)35)17(29)23(15)45-24-16(28)20(32)22(40(43)44)14(18(24)30)10-3-7-12(8-4-10)26(36,37)38/h1-8H. The predicted molar refractivity (Wildman–Crippen MR) is 137 cm³/mol. The summed E-state index contributed by atoms with van der Waals surface area (Å²) in [5.41, 5.74) is -10.1. The maximum absolute atomic E-state index is 15.8. The fourth-order valence-electron chi connectivity index (χ4n) is 4.06. The smallest absolute Gasteiger partial charge is 0.416 e. The summed E-state index contributed by atoms with van der Waals surface area (Å²) in [7, 11) is 0. The van der Waals surface area contributed by atoms with Crippen LogP contribution in [0.25, 0.3) is 22.3 Å². The van der Waals surface area contributed by atoms with Crippen LogP contribution in [-0.4, -0.2) is 9.85 Å². The Morgan fingerprint density at radius 3 is 1.09 bits per heavy atom. The maximum Gasteiger partial charge on any atom is 0.416 e. The average Bonchev–Trinajstić information content (AvgIpc) is 2.95. The van der Waals surface area contributed by atoms with Crippen molar-refractivity contribution in [1.29, 1.82) is 0 Å². The molecule has 0 saturated heterocycles. The van der Waals surface area contributed by atoms with Crippen LogP contribution in [0.2, 0.25) is 10.0 Å². The molecule has 0 radical (unpaired) electrons. The number of benzene rings is 4. The molecule has 0 N–H and O–H groups in total. The van der Waals surface area contributed by atoms with Crippen molar-refractivity contribution in [3.63, 3.8) is 0 Å². The molecule has 0 aliphatic rings. The van der Waals surface area contributed by atoms with Gasteiger partial charge in [-0.1, -0.05) is 47.5 Å². The topological polar surface area (TPSA) is 95.5 Å². The molecule has 19 heteroatoms. The number of nitro benzene ring substituents is 2. The van der Waals surface area contributed by atoms with Crippen molar-refractivity contribution in [1.82, 2.24) is 0 Å². The van der Waals surface area contributed by atoms with Gasteiger partial charge in [-0.3, -0.25) is 20.2 Å². The molecule has 236 valence electrons. The van der Waals surface area contributed by atoms with E-state index >= 15 is 17.6 Å². The van der Waals surface area contributed by atoms with E-state index in [0.29, 0.717) is 48.5 Å². The molecule has 0 aromatic heterocycles. The van der Waals surface area contributed by atoms with Crippen LogP contribution in [0.4, 0.5) is 55.3 Å². The molecule has 7 nitrogen and oxygen atoms in total. The summed E-state index contributed by atoms with van der Waals surface area (Å²) in [5.74, 6) is -11.3. The van der Waals surface area contributed by atoms with E-state index < -0.39 is 112 Å². The van der Waals surface area contributed by atoms with Gasteiger partial charge < -0.3 is 4.74 Å². The highest BCUT2D eigenvalue weighted by molar-refractivity contribution is 6.33. The van der Waals surface area contributed by atoms with Crippen LogP contribution < -0.4 is 4.74 Å². The van der Waals surface area contributed by atoms with Crippen molar-refractivity contribution in [3.8, 4) is 33.8 Å². The number of nitrogens with zero attached hydrogens (tertiary/aromatic N) is 2. The quantitative estimate of drug-likeness (QED) is 0.0869. The minimum absolute atomic E-state index is 0.365. The normalized spacial score (nSPS) is 11.9. The number of rotatable bonds is 6. The molecule has 0 heterocycles. The number of hydrogen-bond acceptors (Lipinski definition) is 5. The zero-order valence-electron chi connectivity index (χ0n) is 21.1. The van der Waals surface area contributed by atoms with Gasteiger partial charge in [-0.25, -0.2) is 8.78 Å². The number of nitro groups is 2. The lowest BCUT2D eigenvalue weighted by atomic mass is 9.99. The molecule has 4 rings (SSSR count). The second-order valence-electron chi connectivity index (χ2n) is 8.76. The van der Waals surface area contributed by atoms with Gasteiger partial charge in [0.1, 0.15) is 21.2 Å². The summed E-state index contributed by atoms with van der Waals surface area (Å²) in [6.45, 7) is 0. The Morgan fingerprint density at radius 1 is 0.556 bits per heavy atom. The minimum Gasteiger partial charge on any atom is -0.448 e. The maximum atomic E-state index is 15.8. The van der Waals surface area contributed by atoms with Gasteiger partial charge in [0.05, 0.1) is 21.0 Å². The van der Waals surface area contributed by atoms with E-state index in [2.05, 4.69) is 0 Å². The summed E-state index contributed by atoms with van der Waals surface area (Å²) >= 11 is 11.4. The van der Waals surface area contributed by atoms with Gasteiger partial charge in [0.25, 0.3) is 0 Å². The molecular formula is C26H8Cl2F10N2O5. The Bertz CT molecular complexity index is 1730. The summed E-state index contributed by atoms with van der Waals surface area (Å²) in [6, 6.07) is 3.54. The monoisotopic (exact) mass is 688 g/mol. The lowest BCUT2D eigenvalue weighted by Gasteiger charge is -2.17. The van der Waals surface area contributed by atoms with Crippen LogP contribution >= 0.6 is 23.2 Å². The van der Waals surface area contributed by atoms with Crippen LogP contribution in [0.3, 0.4) is 0 Å². The lowest BCUT2D eigenvalue weighted by molar-refractivity contribution is -0.387. The first-order chi connectivity index (χ1) is 20.8. The first-order valence-corrected chi connectivity index (χ1v) is 12.3. The van der Waals surface area contributed by atoms with Crippen molar-refractivity contribution >= 4 is 34.6 Å². The number of halogens is 12. The highest BCUT2D eigenvalue weighted by Crippen LogP contribution is 2.50. The summed E-state index contributed by atoms with van der Waals surface area (Å²) < 4.78 is 145. The molecular weight excluding hydrogens is 681 g/mol. The van der Waals surface area contributed by atoms with Crippen LogP contribution in [0.1, 0.15) is 11.1 Å². The van der Waals surface area contributed by atoms with Crippen LogP contribution in [0, 0.1) is 43.5 Å². The largest absolute Gasteiger partial charge is 0.448 e. The van der Waals surface area contributed by atoms with E-state index in [4.69, 9.17) is 27.9 Å². The van der Waals surface area contributed by atoms with Crippen molar-refractivity contribution in [3.05, 3.63) is 113 Å². The third kappa shape index (κ3) is 6.04. The number of alkyl halides is 6. The summed E-state index contributed by atoms with van der Waals surface area (Å²) in [5, 5.41) is 20.1. The molecule has 0 saturated carbocycles. The third-order valence-corrected chi connectivity index (χ3v) is 6.76. The summed E-state index contributed by atoms with van der Waals surface area (Å²) in [4.78, 5) is 20.3. The molecule has 0 unspecified atom stereocenters. The predicted octanol–water partition coefficient (Wildman–Crippen LogP) is 10.5. The first-order valence-electron chi connectivity index (χ1n) is 11.5. The van der Waals surface area contributed by atoms with Crippen LogP contribution in [0.5, 0.6) is 11.5 Å². The van der Waals surface area contributed by atoms with Crippen LogP contribution in [-0.2, 0) is 12.4 Å². The molecule has 0 atom stereocenters. The van der Waals surface area contributed by atoms with Crippen molar-refractivity contribution < 1.29 is 58.5 Å². The van der Waals surface area contributed by atoms with Crippen molar-refractivity contribution in [2.24, 2.45) is 0 Å². The van der Waals surface area contributed by atoms with Crippen molar-refractivity contribution in [2.75, 3.05) is 0 Å². The Morgan fingerprint density at radius 2 is 0.844 bits per heavy atom. The van der Waals surface area contributed by atoms with E-state index in [1.54, 1.807) is 0 Å². The molecule has 0 aliphatic heterocycles. The number of hydrogen-bond donors (Lipinski definition) is 0. The van der Waals surface area contributed by atoms with Gasteiger partial charge in [-0.15, -0.1) is 0 Å². The fraction of sp³-hybridized carbons (Fsp3) is 0.0769. The van der Waals surface area contributed by atoms with E-state index in [9.17, 15) is 46.6 Å². The Balaban J connectivity index is 1.99. The second-order valence-corrected chi connectivity index (χ2v) is 9.51. The molecule has 0 amide bonds. The molecule has 45 heavy (non-hydrogen) atoms. The molecule has 0 aliphatic carbocycles. The Labute approximate surface area is 252 Å². The third-order valence-electron chi connectivity index (χ3n) is 6.08. The summed E-state index contributed by atoms with van der Waals surface area (Å²) in [6.07, 6.45) is -9.80. The molecule has 4 aromatic rings. The van der Waals surface area contributed by atoms with Crippen molar-refractivity contribution in [2.45, 2.75) is 12.4 Å². The van der Waals surface area contributed by atoms with Gasteiger partial charge >= 0.3 is 23.7 Å².